The lowest BCUT2D eigenvalue weighted by Crippen LogP contribution is -2.33. The number of hydrogen-bond acceptors (Lipinski definition) is 11. The lowest BCUT2D eigenvalue weighted by atomic mass is 10.1. The van der Waals surface area contributed by atoms with Crippen LogP contribution in [0.2, 0.25) is 0 Å². The first kappa shape index (κ1) is 22.4. The maximum absolute atomic E-state index is 10.5. The first-order valence-electron chi connectivity index (χ1n) is 9.68. The van der Waals surface area contributed by atoms with Gasteiger partial charge in [-0.25, -0.2) is 20.4 Å². The van der Waals surface area contributed by atoms with E-state index in [0.29, 0.717) is 11.5 Å². The predicted octanol–water partition coefficient (Wildman–Crippen LogP) is 0.649. The number of ether oxygens (including phenoxy) is 2. The van der Waals surface area contributed by atoms with Crippen molar-refractivity contribution in [1.29, 1.82) is 0 Å². The minimum atomic E-state index is -1.34. The fraction of sp³-hybridized carbons (Fsp3) is 0.368. The van der Waals surface area contributed by atoms with Gasteiger partial charge in [0, 0.05) is 0 Å². The van der Waals surface area contributed by atoms with Gasteiger partial charge in [-0.2, -0.15) is 5.10 Å². The van der Waals surface area contributed by atoms with Crippen molar-refractivity contribution in [1.82, 2.24) is 19.5 Å². The molecular formula is C19H22BrN7O5. The summed E-state index contributed by atoms with van der Waals surface area (Å²) < 4.78 is 13.6. The third-order valence-electron chi connectivity index (χ3n) is 4.90. The number of fused-ring (bicyclic) bond motifs is 1. The van der Waals surface area contributed by atoms with Gasteiger partial charge < -0.3 is 30.5 Å². The number of para-hydroxylation sites is 1. The van der Waals surface area contributed by atoms with Crippen molar-refractivity contribution in [2.75, 3.05) is 24.4 Å². The van der Waals surface area contributed by atoms with E-state index in [-0.39, 0.29) is 29.5 Å². The average Bonchev–Trinajstić information content (AvgIpc) is 3.29. The fourth-order valence-corrected chi connectivity index (χ4v) is 3.66. The van der Waals surface area contributed by atoms with Crippen LogP contribution in [-0.4, -0.2) is 72.1 Å². The highest BCUT2D eigenvalue weighted by Crippen LogP contribution is 2.35. The number of aliphatic hydroxyl groups excluding tert-OH is 3. The number of rotatable bonds is 7. The van der Waals surface area contributed by atoms with Crippen LogP contribution in [0.4, 0.5) is 11.8 Å². The number of hydrogen-bond donors (Lipinski definition) is 5. The number of anilines is 2. The highest BCUT2D eigenvalue weighted by atomic mass is 79.9. The van der Waals surface area contributed by atoms with Crippen molar-refractivity contribution in [3.63, 3.8) is 0 Å². The zero-order valence-corrected chi connectivity index (χ0v) is 18.5. The lowest BCUT2D eigenvalue weighted by Gasteiger charge is -2.19. The summed E-state index contributed by atoms with van der Waals surface area (Å²) >= 11 is 3.42. The molecule has 4 unspecified atom stereocenters. The first-order chi connectivity index (χ1) is 15.4. The molecule has 6 N–H and O–H groups in total. The summed E-state index contributed by atoms with van der Waals surface area (Å²) in [4.78, 5) is 12.5. The second-order valence-electron chi connectivity index (χ2n) is 7.14. The largest absolute Gasteiger partial charge is 0.486 e. The molecule has 1 aliphatic rings. The highest BCUT2D eigenvalue weighted by Gasteiger charge is 2.45. The topological polar surface area (TPSA) is 173 Å². The van der Waals surface area contributed by atoms with Crippen LogP contribution < -0.4 is 15.9 Å². The van der Waals surface area contributed by atoms with Crippen molar-refractivity contribution >= 4 is 44.6 Å². The van der Waals surface area contributed by atoms with E-state index < -0.39 is 31.1 Å². The molecular weight excluding hydrogens is 486 g/mol. The van der Waals surface area contributed by atoms with Crippen molar-refractivity contribution in [3.8, 4) is 5.75 Å². The SMILES string of the molecule is CC(COc1ccccc1Br)=NNc1nc2c(N)ncnc2n1C1OC(CO)C(O)C1O. The number of aromatic nitrogens is 4. The molecule has 0 bridgehead atoms. The predicted molar refractivity (Wildman–Crippen MR) is 119 cm³/mol. The Morgan fingerprint density at radius 3 is 2.81 bits per heavy atom. The number of nitrogen functional groups attached to an aromatic ring is 1. The van der Waals surface area contributed by atoms with Crippen LogP contribution in [0.15, 0.2) is 40.2 Å². The lowest BCUT2D eigenvalue weighted by molar-refractivity contribution is -0.0501. The molecule has 12 nitrogen and oxygen atoms in total. The Morgan fingerprint density at radius 2 is 2.09 bits per heavy atom. The molecule has 1 saturated heterocycles. The third-order valence-corrected chi connectivity index (χ3v) is 5.55. The van der Waals surface area contributed by atoms with Gasteiger partial charge in [-0.15, -0.1) is 0 Å². The molecule has 1 aromatic carbocycles. The molecule has 3 aromatic rings. The van der Waals surface area contributed by atoms with Crippen LogP contribution in [0.1, 0.15) is 13.2 Å². The zero-order chi connectivity index (χ0) is 22.8. The quantitative estimate of drug-likeness (QED) is 0.225. The number of hydrazone groups is 1. The molecule has 2 aromatic heterocycles. The Bertz CT molecular complexity index is 1140. The Kier molecular flexibility index (Phi) is 6.53. The van der Waals surface area contributed by atoms with Gasteiger partial charge in [0.1, 0.15) is 37.0 Å². The second-order valence-corrected chi connectivity index (χ2v) is 8.00. The van der Waals surface area contributed by atoms with E-state index in [0.717, 1.165) is 4.47 Å². The van der Waals surface area contributed by atoms with E-state index in [2.05, 4.69) is 41.4 Å². The van der Waals surface area contributed by atoms with Gasteiger partial charge >= 0.3 is 0 Å². The van der Waals surface area contributed by atoms with Crippen LogP contribution in [0.5, 0.6) is 5.75 Å². The molecule has 170 valence electrons. The molecule has 1 fully saturated rings. The van der Waals surface area contributed by atoms with Gasteiger partial charge in [-0.05, 0) is 35.0 Å². The normalized spacial score (nSPS) is 23.6. The number of nitrogens with one attached hydrogen (secondary N) is 1. The number of aliphatic hydroxyl groups is 3. The Balaban J connectivity index is 1.61. The van der Waals surface area contributed by atoms with Gasteiger partial charge in [0.25, 0.3) is 0 Å². The van der Waals surface area contributed by atoms with E-state index >= 15 is 0 Å². The molecule has 0 aliphatic carbocycles. The molecule has 13 heteroatoms. The first-order valence-corrected chi connectivity index (χ1v) is 10.5. The van der Waals surface area contributed by atoms with Crippen molar-refractivity contribution in [2.45, 2.75) is 31.5 Å². The summed E-state index contributed by atoms with van der Waals surface area (Å²) in [6, 6.07) is 7.44. The van der Waals surface area contributed by atoms with Gasteiger partial charge in [0.05, 0.1) is 16.8 Å². The third kappa shape index (κ3) is 4.25. The second kappa shape index (κ2) is 9.34. The number of nitrogens with zero attached hydrogens (tertiary/aromatic N) is 5. The zero-order valence-electron chi connectivity index (χ0n) is 17.0. The summed E-state index contributed by atoms with van der Waals surface area (Å²) in [6.45, 7) is 1.49. The summed E-state index contributed by atoms with van der Waals surface area (Å²) in [5.74, 6) is 0.952. The van der Waals surface area contributed by atoms with Crippen LogP contribution in [-0.2, 0) is 4.74 Å². The number of halogens is 1. The molecule has 3 heterocycles. The number of nitrogens with two attached hydrogens (primary N) is 1. The molecule has 4 atom stereocenters. The van der Waals surface area contributed by atoms with E-state index in [1.807, 2.05) is 24.3 Å². The van der Waals surface area contributed by atoms with Crippen LogP contribution in [0.25, 0.3) is 11.2 Å². The minimum absolute atomic E-state index is 0.126. The van der Waals surface area contributed by atoms with Gasteiger partial charge in [0.15, 0.2) is 23.2 Å². The van der Waals surface area contributed by atoms with E-state index in [9.17, 15) is 15.3 Å². The Morgan fingerprint density at radius 1 is 1.31 bits per heavy atom. The number of imidazole rings is 1. The van der Waals surface area contributed by atoms with Crippen LogP contribution in [0.3, 0.4) is 0 Å². The average molecular weight is 508 g/mol. The highest BCUT2D eigenvalue weighted by molar-refractivity contribution is 9.10. The summed E-state index contributed by atoms with van der Waals surface area (Å²) in [5.41, 5.74) is 9.88. The molecule has 0 spiro atoms. The van der Waals surface area contributed by atoms with Crippen molar-refractivity contribution in [3.05, 3.63) is 35.1 Å². The Hall–Kier alpha value is -2.84. The van der Waals surface area contributed by atoms with E-state index in [4.69, 9.17) is 15.2 Å². The van der Waals surface area contributed by atoms with Crippen LogP contribution in [0, 0.1) is 0 Å². The standard InChI is InChI=1S/C19H22BrN7O5/c1-9(7-31-11-5-3-2-4-10(11)20)25-26-19-24-13-16(21)22-8-23-17(13)27(19)18-15(30)14(29)12(6-28)32-18/h2-5,8,12,14-15,18,28-30H,6-7H2,1H3,(H,24,26)(H2,21,22,23). The van der Waals surface area contributed by atoms with Gasteiger partial charge in [-0.1, -0.05) is 12.1 Å². The molecule has 0 saturated carbocycles. The van der Waals surface area contributed by atoms with E-state index in [1.165, 1.54) is 10.9 Å². The molecule has 0 amide bonds. The summed E-state index contributed by atoms with van der Waals surface area (Å²) in [5, 5.41) is 34.4. The fourth-order valence-electron chi connectivity index (χ4n) is 3.26. The van der Waals surface area contributed by atoms with Crippen molar-refractivity contribution < 1.29 is 24.8 Å². The minimum Gasteiger partial charge on any atom is -0.486 e. The van der Waals surface area contributed by atoms with Crippen molar-refractivity contribution in [2.24, 2.45) is 5.10 Å². The monoisotopic (exact) mass is 507 g/mol. The maximum atomic E-state index is 10.5. The molecule has 4 rings (SSSR count). The van der Waals surface area contributed by atoms with Crippen LogP contribution >= 0.6 is 15.9 Å². The van der Waals surface area contributed by atoms with E-state index in [1.54, 1.807) is 6.92 Å². The summed E-state index contributed by atoms with van der Waals surface area (Å²) in [6.07, 6.45) is -3.44. The van der Waals surface area contributed by atoms with Gasteiger partial charge in [0.2, 0.25) is 5.95 Å². The Labute approximate surface area is 190 Å². The molecule has 0 radical (unpaired) electrons. The molecule has 1 aliphatic heterocycles. The van der Waals surface area contributed by atoms with Gasteiger partial charge in [-0.3, -0.25) is 4.57 Å². The maximum Gasteiger partial charge on any atom is 0.228 e. The molecule has 32 heavy (non-hydrogen) atoms. The smallest absolute Gasteiger partial charge is 0.228 e. The number of benzene rings is 1. The summed E-state index contributed by atoms with van der Waals surface area (Å²) in [7, 11) is 0.